The Kier molecular flexibility index (Phi) is 4.53. The van der Waals surface area contributed by atoms with Gasteiger partial charge in [-0.1, -0.05) is 13.3 Å². The number of nitrogens with one attached hydrogen (secondary N) is 1. The summed E-state index contributed by atoms with van der Waals surface area (Å²) >= 11 is 0. The van der Waals surface area contributed by atoms with Crippen LogP contribution in [0.15, 0.2) is 23.1 Å². The molecule has 0 aliphatic heterocycles. The molecule has 2 atom stereocenters. The molecule has 0 amide bonds. The van der Waals surface area contributed by atoms with Crippen molar-refractivity contribution in [3.8, 4) is 5.75 Å². The van der Waals surface area contributed by atoms with E-state index in [0.717, 1.165) is 18.9 Å². The van der Waals surface area contributed by atoms with E-state index >= 15 is 0 Å². The van der Waals surface area contributed by atoms with E-state index in [1.807, 2.05) is 6.92 Å². The molecule has 0 aromatic heterocycles. The van der Waals surface area contributed by atoms with Gasteiger partial charge in [-0.25, -0.2) is 17.9 Å². The van der Waals surface area contributed by atoms with Crippen LogP contribution in [-0.2, 0) is 10.0 Å². The van der Waals surface area contributed by atoms with Gasteiger partial charge in [-0.2, -0.15) is 0 Å². The van der Waals surface area contributed by atoms with Crippen molar-refractivity contribution in [3.63, 3.8) is 0 Å². The number of hydrogen-bond donors (Lipinski definition) is 2. The zero-order valence-electron chi connectivity index (χ0n) is 12.0. The van der Waals surface area contributed by atoms with E-state index < -0.39 is 16.0 Å². The Morgan fingerprint density at radius 1 is 1.43 bits per heavy atom. The van der Waals surface area contributed by atoms with Crippen molar-refractivity contribution < 1.29 is 23.1 Å². The van der Waals surface area contributed by atoms with Gasteiger partial charge in [0.2, 0.25) is 10.0 Å². The Hall–Kier alpha value is -1.60. The van der Waals surface area contributed by atoms with Gasteiger partial charge in [-0.3, -0.25) is 0 Å². The highest BCUT2D eigenvalue weighted by Crippen LogP contribution is 2.34. The molecule has 1 aliphatic rings. The number of carboxylic acid groups (broad SMARTS) is 1. The van der Waals surface area contributed by atoms with Gasteiger partial charge in [-0.15, -0.1) is 0 Å². The molecule has 116 valence electrons. The highest BCUT2D eigenvalue weighted by Gasteiger charge is 2.38. The average molecular weight is 313 g/mol. The van der Waals surface area contributed by atoms with E-state index in [2.05, 4.69) is 4.72 Å². The molecule has 2 unspecified atom stereocenters. The summed E-state index contributed by atoms with van der Waals surface area (Å²) in [6, 6.07) is 3.84. The predicted molar refractivity (Wildman–Crippen MR) is 77.1 cm³/mol. The summed E-state index contributed by atoms with van der Waals surface area (Å²) in [4.78, 5) is 11.2. The number of aromatic carboxylic acids is 1. The molecule has 1 aromatic rings. The molecule has 0 radical (unpaired) electrons. The minimum atomic E-state index is -3.70. The highest BCUT2D eigenvalue weighted by atomic mass is 32.2. The average Bonchev–Trinajstić information content (AvgIpc) is 3.16. The van der Waals surface area contributed by atoms with Crippen molar-refractivity contribution in [1.29, 1.82) is 0 Å². The topological polar surface area (TPSA) is 92.7 Å². The molecule has 0 bridgehead atoms. The lowest BCUT2D eigenvalue weighted by Crippen LogP contribution is -2.27. The van der Waals surface area contributed by atoms with Crippen molar-refractivity contribution in [3.05, 3.63) is 23.8 Å². The SMILES string of the molecule is CCOc1ccc(S(=O)(=O)NC2CC2CC)cc1C(=O)O. The van der Waals surface area contributed by atoms with Crippen molar-refractivity contribution >= 4 is 16.0 Å². The normalized spacial score (nSPS) is 21.0. The number of benzene rings is 1. The lowest BCUT2D eigenvalue weighted by atomic mass is 10.2. The number of hydrogen-bond acceptors (Lipinski definition) is 4. The number of carboxylic acids is 1. The third kappa shape index (κ3) is 3.54. The van der Waals surface area contributed by atoms with Crippen LogP contribution in [0.2, 0.25) is 0 Å². The van der Waals surface area contributed by atoms with Crippen LogP contribution in [0.25, 0.3) is 0 Å². The van der Waals surface area contributed by atoms with Gasteiger partial charge >= 0.3 is 5.97 Å². The Morgan fingerprint density at radius 3 is 2.67 bits per heavy atom. The minimum Gasteiger partial charge on any atom is -0.493 e. The first-order valence-corrected chi connectivity index (χ1v) is 8.39. The van der Waals surface area contributed by atoms with Crippen LogP contribution < -0.4 is 9.46 Å². The van der Waals surface area contributed by atoms with Gasteiger partial charge in [0.1, 0.15) is 11.3 Å². The minimum absolute atomic E-state index is 0.0418. The molecule has 21 heavy (non-hydrogen) atoms. The quantitative estimate of drug-likeness (QED) is 0.801. The van der Waals surface area contributed by atoms with Crippen LogP contribution in [0.3, 0.4) is 0 Å². The largest absolute Gasteiger partial charge is 0.493 e. The van der Waals surface area contributed by atoms with Crippen LogP contribution in [0, 0.1) is 5.92 Å². The smallest absolute Gasteiger partial charge is 0.339 e. The summed E-state index contributed by atoms with van der Waals surface area (Å²) in [6.07, 6.45) is 1.76. The molecular weight excluding hydrogens is 294 g/mol. The van der Waals surface area contributed by atoms with Crippen LogP contribution in [0.1, 0.15) is 37.0 Å². The zero-order valence-corrected chi connectivity index (χ0v) is 12.8. The second-order valence-corrected chi connectivity index (χ2v) is 6.74. The maximum atomic E-state index is 12.2. The van der Waals surface area contributed by atoms with Crippen molar-refractivity contribution in [1.82, 2.24) is 4.72 Å². The molecule has 7 heteroatoms. The van der Waals surface area contributed by atoms with Gasteiger partial charge in [0.25, 0.3) is 0 Å². The maximum absolute atomic E-state index is 12.2. The van der Waals surface area contributed by atoms with Crippen molar-refractivity contribution in [2.45, 2.75) is 37.6 Å². The summed E-state index contributed by atoms with van der Waals surface area (Å²) < 4.78 is 32.3. The summed E-state index contributed by atoms with van der Waals surface area (Å²) in [5.74, 6) is -0.670. The van der Waals surface area contributed by atoms with E-state index in [9.17, 15) is 13.2 Å². The van der Waals surface area contributed by atoms with Gasteiger partial charge in [0.15, 0.2) is 0 Å². The van der Waals surface area contributed by atoms with Gasteiger partial charge in [0, 0.05) is 6.04 Å². The van der Waals surface area contributed by atoms with E-state index in [0.29, 0.717) is 12.5 Å². The van der Waals surface area contributed by atoms with Crippen LogP contribution in [0.4, 0.5) is 0 Å². The Labute approximate surface area is 124 Å². The molecule has 1 aromatic carbocycles. The predicted octanol–water partition coefficient (Wildman–Crippen LogP) is 1.86. The number of rotatable bonds is 7. The summed E-state index contributed by atoms with van der Waals surface area (Å²) in [5, 5.41) is 9.16. The molecule has 0 saturated heterocycles. The van der Waals surface area contributed by atoms with Crippen LogP contribution in [-0.4, -0.2) is 32.1 Å². The lowest BCUT2D eigenvalue weighted by molar-refractivity contribution is 0.0692. The third-order valence-corrected chi connectivity index (χ3v) is 5.03. The molecular formula is C14H19NO5S. The first kappa shape index (κ1) is 15.8. The summed E-state index contributed by atoms with van der Waals surface area (Å²) in [6.45, 7) is 4.05. The molecule has 6 nitrogen and oxygen atoms in total. The van der Waals surface area contributed by atoms with Crippen molar-refractivity contribution in [2.75, 3.05) is 6.61 Å². The molecule has 0 spiro atoms. The van der Waals surface area contributed by atoms with Crippen LogP contribution >= 0.6 is 0 Å². The van der Waals surface area contributed by atoms with Crippen molar-refractivity contribution in [2.24, 2.45) is 5.92 Å². The van der Waals surface area contributed by atoms with Gasteiger partial charge < -0.3 is 9.84 Å². The second-order valence-electron chi connectivity index (χ2n) is 5.03. The Bertz CT molecular complexity index is 641. The fourth-order valence-corrected chi connectivity index (χ4v) is 3.58. The fraction of sp³-hybridized carbons (Fsp3) is 0.500. The van der Waals surface area contributed by atoms with E-state index in [4.69, 9.17) is 9.84 Å². The zero-order chi connectivity index (χ0) is 15.6. The number of carbonyl (C=O) groups is 1. The van der Waals surface area contributed by atoms with Crippen LogP contribution in [0.5, 0.6) is 5.75 Å². The first-order chi connectivity index (χ1) is 9.89. The molecule has 0 heterocycles. The fourth-order valence-electron chi connectivity index (χ4n) is 2.24. The lowest BCUT2D eigenvalue weighted by Gasteiger charge is -2.10. The van der Waals surface area contributed by atoms with Gasteiger partial charge in [-0.05, 0) is 37.5 Å². The summed E-state index contributed by atoms with van der Waals surface area (Å²) in [5.41, 5.74) is -0.150. The summed E-state index contributed by atoms with van der Waals surface area (Å²) in [7, 11) is -3.70. The molecule has 2 rings (SSSR count). The Morgan fingerprint density at radius 2 is 2.14 bits per heavy atom. The third-order valence-electron chi connectivity index (χ3n) is 3.55. The molecule has 2 N–H and O–H groups in total. The van der Waals surface area contributed by atoms with E-state index in [1.165, 1.54) is 12.1 Å². The second kappa shape index (κ2) is 6.03. The van der Waals surface area contributed by atoms with E-state index in [1.54, 1.807) is 6.92 Å². The van der Waals surface area contributed by atoms with Gasteiger partial charge in [0.05, 0.1) is 11.5 Å². The maximum Gasteiger partial charge on any atom is 0.339 e. The number of sulfonamides is 1. The highest BCUT2D eigenvalue weighted by molar-refractivity contribution is 7.89. The molecule has 1 saturated carbocycles. The van der Waals surface area contributed by atoms with E-state index in [-0.39, 0.29) is 22.3 Å². The first-order valence-electron chi connectivity index (χ1n) is 6.91. The Balaban J connectivity index is 2.27. The standard InChI is InChI=1S/C14H19NO5S/c1-3-9-7-12(9)15-21(18,19)10-5-6-13(20-4-2)11(8-10)14(16)17/h5-6,8-9,12,15H,3-4,7H2,1-2H3,(H,16,17). The molecule has 1 fully saturated rings. The monoisotopic (exact) mass is 313 g/mol. The number of ether oxygens (including phenoxy) is 1. The molecule has 1 aliphatic carbocycles.